The largest absolute Gasteiger partial charge is 0.316 e. The molecule has 3 rings (SSSR count). The van der Waals surface area contributed by atoms with E-state index in [4.69, 9.17) is 0 Å². The molecule has 2 aromatic carbocycles. The van der Waals surface area contributed by atoms with E-state index in [-0.39, 0.29) is 0 Å². The number of nitrogens with zero attached hydrogens (tertiary/aromatic N) is 1. The zero-order chi connectivity index (χ0) is 13.9. The van der Waals surface area contributed by atoms with Gasteiger partial charge in [-0.2, -0.15) is 0 Å². The molecule has 0 atom stereocenters. The number of para-hydroxylation sites is 1. The predicted octanol–water partition coefficient (Wildman–Crippen LogP) is 3.93. The second-order valence-corrected chi connectivity index (χ2v) is 5.07. The summed E-state index contributed by atoms with van der Waals surface area (Å²) in [5, 5.41) is 4.42. The van der Waals surface area contributed by atoms with Crippen molar-refractivity contribution in [2.75, 3.05) is 7.05 Å². The number of benzene rings is 2. The number of fused-ring (bicyclic) bond motifs is 1. The standard InChI is InChI=1S/C18H18N2/c1-13-8-9-15(12-19-2)17(11-13)16-7-3-5-14-6-4-10-20-18(14)16/h3-11,19H,12H2,1-2H3. The van der Waals surface area contributed by atoms with E-state index < -0.39 is 0 Å². The first kappa shape index (κ1) is 12.8. The van der Waals surface area contributed by atoms with Crippen molar-refractivity contribution in [1.29, 1.82) is 0 Å². The molecule has 1 heterocycles. The Morgan fingerprint density at radius 3 is 2.70 bits per heavy atom. The van der Waals surface area contributed by atoms with Gasteiger partial charge in [0.1, 0.15) is 0 Å². The summed E-state index contributed by atoms with van der Waals surface area (Å²) < 4.78 is 0. The van der Waals surface area contributed by atoms with E-state index in [0.717, 1.165) is 12.1 Å². The van der Waals surface area contributed by atoms with Crippen LogP contribution in [-0.2, 0) is 6.54 Å². The number of aryl methyl sites for hydroxylation is 1. The highest BCUT2D eigenvalue weighted by Gasteiger charge is 2.09. The van der Waals surface area contributed by atoms with E-state index in [1.165, 1.54) is 27.6 Å². The quantitative estimate of drug-likeness (QED) is 0.773. The van der Waals surface area contributed by atoms with E-state index in [0.29, 0.717) is 0 Å². The van der Waals surface area contributed by atoms with Crippen molar-refractivity contribution in [3.05, 3.63) is 65.9 Å². The Labute approximate surface area is 119 Å². The van der Waals surface area contributed by atoms with Gasteiger partial charge in [-0.1, -0.05) is 48.0 Å². The van der Waals surface area contributed by atoms with E-state index in [1.54, 1.807) is 0 Å². The Morgan fingerprint density at radius 1 is 1.00 bits per heavy atom. The maximum Gasteiger partial charge on any atom is 0.0780 e. The zero-order valence-corrected chi connectivity index (χ0v) is 11.9. The second kappa shape index (κ2) is 5.43. The molecule has 2 heteroatoms. The minimum absolute atomic E-state index is 0.860. The smallest absolute Gasteiger partial charge is 0.0780 e. The average Bonchev–Trinajstić information content (AvgIpc) is 2.49. The number of pyridine rings is 1. The van der Waals surface area contributed by atoms with Crippen molar-refractivity contribution in [1.82, 2.24) is 10.3 Å². The normalized spacial score (nSPS) is 10.9. The molecule has 0 amide bonds. The maximum absolute atomic E-state index is 4.57. The highest BCUT2D eigenvalue weighted by molar-refractivity contribution is 5.94. The van der Waals surface area contributed by atoms with Crippen LogP contribution in [0.25, 0.3) is 22.0 Å². The first-order chi connectivity index (χ1) is 9.79. The van der Waals surface area contributed by atoms with E-state index in [2.05, 4.69) is 59.7 Å². The molecule has 1 N–H and O–H groups in total. The molecule has 0 aliphatic carbocycles. The fourth-order valence-electron chi connectivity index (χ4n) is 2.61. The van der Waals surface area contributed by atoms with Crippen LogP contribution in [0.5, 0.6) is 0 Å². The fraction of sp³-hybridized carbons (Fsp3) is 0.167. The molecule has 2 nitrogen and oxygen atoms in total. The Balaban J connectivity index is 2.27. The summed E-state index contributed by atoms with van der Waals surface area (Å²) >= 11 is 0. The third-order valence-corrected chi connectivity index (χ3v) is 3.56. The van der Waals surface area contributed by atoms with Crippen molar-refractivity contribution >= 4 is 10.9 Å². The Kier molecular flexibility index (Phi) is 3.48. The lowest BCUT2D eigenvalue weighted by atomic mass is 9.95. The van der Waals surface area contributed by atoms with Gasteiger partial charge in [-0.25, -0.2) is 0 Å². The Hall–Kier alpha value is -2.19. The number of hydrogen-bond acceptors (Lipinski definition) is 2. The van der Waals surface area contributed by atoms with Gasteiger partial charge in [0.15, 0.2) is 0 Å². The van der Waals surface area contributed by atoms with E-state index >= 15 is 0 Å². The second-order valence-electron chi connectivity index (χ2n) is 5.07. The molecule has 0 fully saturated rings. The highest BCUT2D eigenvalue weighted by atomic mass is 14.8. The Morgan fingerprint density at radius 2 is 1.85 bits per heavy atom. The van der Waals surface area contributed by atoms with Crippen molar-refractivity contribution in [3.8, 4) is 11.1 Å². The number of aromatic nitrogens is 1. The molecule has 0 unspecified atom stereocenters. The fourth-order valence-corrected chi connectivity index (χ4v) is 2.61. The summed E-state index contributed by atoms with van der Waals surface area (Å²) in [5.41, 5.74) is 6.11. The molecule has 0 aliphatic heterocycles. The number of hydrogen-bond donors (Lipinski definition) is 1. The van der Waals surface area contributed by atoms with Crippen LogP contribution < -0.4 is 5.32 Å². The average molecular weight is 262 g/mol. The molecule has 0 saturated carbocycles. The van der Waals surface area contributed by atoms with Gasteiger partial charge in [-0.05, 0) is 31.2 Å². The van der Waals surface area contributed by atoms with E-state index in [1.807, 2.05) is 19.3 Å². The molecule has 3 aromatic rings. The molecule has 0 bridgehead atoms. The topological polar surface area (TPSA) is 24.9 Å². The first-order valence-electron chi connectivity index (χ1n) is 6.88. The van der Waals surface area contributed by atoms with Crippen molar-refractivity contribution < 1.29 is 0 Å². The van der Waals surface area contributed by atoms with Crippen LogP contribution in [0.3, 0.4) is 0 Å². The lowest BCUT2D eigenvalue weighted by Crippen LogP contribution is -2.06. The Bertz CT molecular complexity index is 742. The summed E-state index contributed by atoms with van der Waals surface area (Å²) in [6, 6.07) is 17.1. The van der Waals surface area contributed by atoms with Crippen molar-refractivity contribution in [2.24, 2.45) is 0 Å². The summed E-state index contributed by atoms with van der Waals surface area (Å²) in [5.74, 6) is 0. The highest BCUT2D eigenvalue weighted by Crippen LogP contribution is 2.30. The minimum Gasteiger partial charge on any atom is -0.316 e. The molecule has 20 heavy (non-hydrogen) atoms. The third kappa shape index (κ3) is 2.30. The van der Waals surface area contributed by atoms with E-state index in [9.17, 15) is 0 Å². The summed E-state index contributed by atoms with van der Waals surface area (Å²) in [7, 11) is 1.98. The van der Waals surface area contributed by atoms with Crippen LogP contribution in [0.2, 0.25) is 0 Å². The van der Waals surface area contributed by atoms with Gasteiger partial charge in [0.2, 0.25) is 0 Å². The molecule has 1 aromatic heterocycles. The maximum atomic E-state index is 4.57. The van der Waals surface area contributed by atoms with Gasteiger partial charge in [-0.3, -0.25) is 4.98 Å². The minimum atomic E-state index is 0.860. The van der Waals surface area contributed by atoms with Gasteiger partial charge in [0.25, 0.3) is 0 Å². The molecule has 100 valence electrons. The van der Waals surface area contributed by atoms with Crippen LogP contribution in [0.1, 0.15) is 11.1 Å². The van der Waals surface area contributed by atoms with Crippen LogP contribution in [0.15, 0.2) is 54.7 Å². The number of nitrogens with one attached hydrogen (secondary N) is 1. The third-order valence-electron chi connectivity index (χ3n) is 3.56. The van der Waals surface area contributed by atoms with Crippen LogP contribution in [0.4, 0.5) is 0 Å². The zero-order valence-electron chi connectivity index (χ0n) is 11.9. The lowest BCUT2D eigenvalue weighted by Gasteiger charge is -2.12. The van der Waals surface area contributed by atoms with Crippen LogP contribution in [-0.4, -0.2) is 12.0 Å². The van der Waals surface area contributed by atoms with Gasteiger partial charge >= 0.3 is 0 Å². The summed E-state index contributed by atoms with van der Waals surface area (Å²) in [6.45, 7) is 2.99. The summed E-state index contributed by atoms with van der Waals surface area (Å²) in [6.07, 6.45) is 1.86. The van der Waals surface area contributed by atoms with Crippen LogP contribution in [0, 0.1) is 6.92 Å². The van der Waals surface area contributed by atoms with Crippen molar-refractivity contribution in [2.45, 2.75) is 13.5 Å². The molecule has 0 aliphatic rings. The van der Waals surface area contributed by atoms with Crippen LogP contribution >= 0.6 is 0 Å². The first-order valence-corrected chi connectivity index (χ1v) is 6.88. The molecule has 0 spiro atoms. The summed E-state index contributed by atoms with van der Waals surface area (Å²) in [4.78, 5) is 4.57. The number of rotatable bonds is 3. The molecular formula is C18H18N2. The SMILES string of the molecule is CNCc1ccc(C)cc1-c1cccc2cccnc12. The monoisotopic (exact) mass is 262 g/mol. The van der Waals surface area contributed by atoms with Crippen molar-refractivity contribution in [3.63, 3.8) is 0 Å². The molecule has 0 radical (unpaired) electrons. The van der Waals surface area contributed by atoms with Gasteiger partial charge in [-0.15, -0.1) is 0 Å². The molecular weight excluding hydrogens is 244 g/mol. The lowest BCUT2D eigenvalue weighted by molar-refractivity contribution is 0.819. The molecule has 0 saturated heterocycles. The van der Waals surface area contributed by atoms with Gasteiger partial charge in [0, 0.05) is 23.7 Å². The van der Waals surface area contributed by atoms with Gasteiger partial charge < -0.3 is 5.32 Å². The predicted molar refractivity (Wildman–Crippen MR) is 84.7 cm³/mol. The van der Waals surface area contributed by atoms with Gasteiger partial charge in [0.05, 0.1) is 5.52 Å².